The van der Waals surface area contributed by atoms with Gasteiger partial charge in [-0.3, -0.25) is 9.88 Å². The number of aromatic nitrogens is 3. The maximum absolute atomic E-state index is 11.2. The second-order valence-electron chi connectivity index (χ2n) is 8.53. The Bertz CT molecular complexity index is 1410. The first-order valence-corrected chi connectivity index (χ1v) is 12.4. The third-order valence-electron chi connectivity index (χ3n) is 6.37. The minimum Gasteiger partial charge on any atom is -0.477 e. The van der Waals surface area contributed by atoms with Gasteiger partial charge in [-0.1, -0.05) is 17.7 Å². The minimum atomic E-state index is -0.914. The summed E-state index contributed by atoms with van der Waals surface area (Å²) in [5.41, 5.74) is 2.55. The Hall–Kier alpha value is -3.34. The Balaban J connectivity index is 1.13. The highest BCUT2D eigenvalue weighted by Gasteiger charge is 2.32. The van der Waals surface area contributed by atoms with Crippen LogP contribution >= 0.6 is 22.9 Å². The number of aromatic carboxylic acids is 1. The number of anilines is 1. The smallest absolute Gasteiger partial charge is 0.346 e. The van der Waals surface area contributed by atoms with E-state index in [2.05, 4.69) is 25.8 Å². The number of fused-ring (bicyclic) bond motifs is 2. The standard InChI is InChI=1S/C24H22ClN5O4S/c1-28-17-11-19(23(31)32)35-22(17)27-20(28)13-29-7-9-30(10-8-29)16-3-2-4-18-21(16)34-24(33-18)15-6-5-14(25)12-26-15/h2-6,11-12,24H,7-10,13H2,1H3,(H,31,32). The molecule has 3 aromatic heterocycles. The molecule has 6 rings (SSSR count). The number of pyridine rings is 1. The fourth-order valence-electron chi connectivity index (χ4n) is 4.48. The molecule has 35 heavy (non-hydrogen) atoms. The van der Waals surface area contributed by atoms with Crippen LogP contribution in [0.15, 0.2) is 42.6 Å². The Morgan fingerprint density at radius 1 is 1.20 bits per heavy atom. The molecule has 1 unspecified atom stereocenters. The lowest BCUT2D eigenvalue weighted by Crippen LogP contribution is -2.46. The fraction of sp³-hybridized carbons (Fsp3) is 0.292. The summed E-state index contributed by atoms with van der Waals surface area (Å²) in [5.74, 6) is 1.47. The van der Waals surface area contributed by atoms with Gasteiger partial charge in [0, 0.05) is 39.4 Å². The number of carbonyl (C=O) groups is 1. The summed E-state index contributed by atoms with van der Waals surface area (Å²) in [5, 5.41) is 9.79. The van der Waals surface area contributed by atoms with Crippen LogP contribution in [0.5, 0.6) is 11.5 Å². The highest BCUT2D eigenvalue weighted by Crippen LogP contribution is 2.46. The molecule has 0 amide bonds. The van der Waals surface area contributed by atoms with Gasteiger partial charge in [-0.2, -0.15) is 0 Å². The lowest BCUT2D eigenvalue weighted by atomic mass is 10.2. The van der Waals surface area contributed by atoms with Crippen LogP contribution in [0.2, 0.25) is 5.02 Å². The number of benzene rings is 1. The average Bonchev–Trinajstić information content (AvgIpc) is 3.55. The summed E-state index contributed by atoms with van der Waals surface area (Å²) in [4.78, 5) is 26.0. The average molecular weight is 512 g/mol. The predicted molar refractivity (Wildman–Crippen MR) is 133 cm³/mol. The molecule has 1 atom stereocenters. The maximum atomic E-state index is 11.2. The first-order valence-electron chi connectivity index (χ1n) is 11.2. The van der Waals surface area contributed by atoms with Crippen LogP contribution in [0, 0.1) is 0 Å². The van der Waals surface area contributed by atoms with Crippen molar-refractivity contribution in [2.75, 3.05) is 31.1 Å². The predicted octanol–water partition coefficient (Wildman–Crippen LogP) is 4.17. The van der Waals surface area contributed by atoms with Crippen molar-refractivity contribution in [2.24, 2.45) is 7.05 Å². The van der Waals surface area contributed by atoms with Gasteiger partial charge in [0.1, 0.15) is 21.2 Å². The van der Waals surface area contributed by atoms with Crippen molar-refractivity contribution in [1.29, 1.82) is 0 Å². The molecule has 0 bridgehead atoms. The summed E-state index contributed by atoms with van der Waals surface area (Å²) in [6.45, 7) is 4.13. The SMILES string of the molecule is Cn1c(CN2CCN(c3cccc4c3OC(c3ccc(Cl)cn3)O4)CC2)nc2sc(C(=O)O)cc21. The van der Waals surface area contributed by atoms with Crippen molar-refractivity contribution in [2.45, 2.75) is 12.8 Å². The van der Waals surface area contributed by atoms with Crippen molar-refractivity contribution in [3.05, 3.63) is 64.0 Å². The van der Waals surface area contributed by atoms with E-state index in [1.807, 2.05) is 29.8 Å². The largest absolute Gasteiger partial charge is 0.477 e. The molecule has 1 fully saturated rings. The van der Waals surface area contributed by atoms with E-state index in [-0.39, 0.29) is 0 Å². The number of thiophene rings is 1. The number of carboxylic acids is 1. The summed E-state index contributed by atoms with van der Waals surface area (Å²) in [6.07, 6.45) is 0.992. The highest BCUT2D eigenvalue weighted by atomic mass is 35.5. The number of halogens is 1. The van der Waals surface area contributed by atoms with Crippen LogP contribution in [-0.4, -0.2) is 56.7 Å². The van der Waals surface area contributed by atoms with E-state index < -0.39 is 12.3 Å². The Morgan fingerprint density at radius 3 is 2.74 bits per heavy atom. The fourth-order valence-corrected chi connectivity index (χ4v) is 5.50. The lowest BCUT2D eigenvalue weighted by Gasteiger charge is -2.36. The Morgan fingerprint density at radius 2 is 2.03 bits per heavy atom. The molecule has 0 spiro atoms. The number of imidazole rings is 1. The lowest BCUT2D eigenvalue weighted by molar-refractivity contribution is 0.0448. The van der Waals surface area contributed by atoms with E-state index in [9.17, 15) is 9.90 Å². The normalized spacial score (nSPS) is 17.9. The second kappa shape index (κ2) is 8.71. The first kappa shape index (κ1) is 22.1. The zero-order chi connectivity index (χ0) is 24.1. The van der Waals surface area contributed by atoms with Gasteiger partial charge in [-0.05, 0) is 30.3 Å². The van der Waals surface area contributed by atoms with Crippen LogP contribution in [0.1, 0.15) is 27.5 Å². The van der Waals surface area contributed by atoms with E-state index in [1.54, 1.807) is 18.3 Å². The summed E-state index contributed by atoms with van der Waals surface area (Å²) < 4.78 is 14.2. The second-order valence-corrected chi connectivity index (χ2v) is 10.00. The number of aryl methyl sites for hydroxylation is 1. The van der Waals surface area contributed by atoms with Crippen LogP contribution in [-0.2, 0) is 13.6 Å². The molecule has 180 valence electrons. The molecule has 1 aromatic carbocycles. The number of carboxylic acid groups (broad SMARTS) is 1. The van der Waals surface area contributed by atoms with Gasteiger partial charge in [0.25, 0.3) is 6.29 Å². The summed E-state index contributed by atoms with van der Waals surface area (Å²) in [7, 11) is 1.94. The molecule has 9 nitrogen and oxygen atoms in total. The molecule has 1 N–H and O–H groups in total. The number of piperazine rings is 1. The number of ether oxygens (including phenoxy) is 2. The molecule has 0 aliphatic carbocycles. The first-order chi connectivity index (χ1) is 17.0. The number of hydrogen-bond donors (Lipinski definition) is 1. The van der Waals surface area contributed by atoms with Crippen LogP contribution in [0.4, 0.5) is 5.69 Å². The number of rotatable bonds is 5. The van der Waals surface area contributed by atoms with E-state index in [1.165, 1.54) is 11.3 Å². The van der Waals surface area contributed by atoms with Gasteiger partial charge in [0.05, 0.1) is 22.8 Å². The number of nitrogens with zero attached hydrogens (tertiary/aromatic N) is 5. The molecule has 0 saturated carbocycles. The number of para-hydroxylation sites is 1. The van der Waals surface area contributed by atoms with Crippen molar-refractivity contribution in [3.8, 4) is 11.5 Å². The Kier molecular flexibility index (Phi) is 5.51. The summed E-state index contributed by atoms with van der Waals surface area (Å²) in [6, 6.07) is 11.2. The van der Waals surface area contributed by atoms with E-state index in [0.29, 0.717) is 27.9 Å². The highest BCUT2D eigenvalue weighted by molar-refractivity contribution is 7.20. The van der Waals surface area contributed by atoms with Crippen molar-refractivity contribution >= 4 is 44.9 Å². The molecule has 1 saturated heterocycles. The van der Waals surface area contributed by atoms with Gasteiger partial charge in [0.2, 0.25) is 0 Å². The minimum absolute atomic E-state index is 0.314. The third-order valence-corrected chi connectivity index (χ3v) is 7.60. The van der Waals surface area contributed by atoms with E-state index >= 15 is 0 Å². The Labute approximate surface area is 210 Å². The van der Waals surface area contributed by atoms with Gasteiger partial charge in [-0.15, -0.1) is 11.3 Å². The van der Waals surface area contributed by atoms with E-state index in [4.69, 9.17) is 21.1 Å². The molecule has 2 aliphatic heterocycles. The topological polar surface area (TPSA) is 93.0 Å². The maximum Gasteiger partial charge on any atom is 0.346 e. The van der Waals surface area contributed by atoms with Crippen molar-refractivity contribution < 1.29 is 19.4 Å². The summed E-state index contributed by atoms with van der Waals surface area (Å²) >= 11 is 7.17. The van der Waals surface area contributed by atoms with E-state index in [0.717, 1.165) is 53.8 Å². The van der Waals surface area contributed by atoms with Gasteiger partial charge < -0.3 is 24.0 Å². The molecule has 4 aromatic rings. The quantitative estimate of drug-likeness (QED) is 0.426. The third kappa shape index (κ3) is 4.07. The number of hydrogen-bond acceptors (Lipinski definition) is 8. The molecule has 0 radical (unpaired) electrons. The molecule has 2 aliphatic rings. The zero-order valence-corrected chi connectivity index (χ0v) is 20.4. The van der Waals surface area contributed by atoms with Crippen LogP contribution in [0.3, 0.4) is 0 Å². The van der Waals surface area contributed by atoms with Gasteiger partial charge >= 0.3 is 5.97 Å². The molecular weight excluding hydrogens is 490 g/mol. The van der Waals surface area contributed by atoms with Gasteiger partial charge in [0.15, 0.2) is 11.5 Å². The zero-order valence-electron chi connectivity index (χ0n) is 18.8. The van der Waals surface area contributed by atoms with Gasteiger partial charge in [-0.25, -0.2) is 9.78 Å². The van der Waals surface area contributed by atoms with Crippen LogP contribution < -0.4 is 14.4 Å². The van der Waals surface area contributed by atoms with Crippen LogP contribution in [0.25, 0.3) is 10.3 Å². The van der Waals surface area contributed by atoms with Crippen molar-refractivity contribution in [1.82, 2.24) is 19.4 Å². The van der Waals surface area contributed by atoms with Crippen molar-refractivity contribution in [3.63, 3.8) is 0 Å². The molecule has 11 heteroatoms. The molecular formula is C24H22ClN5O4S. The monoisotopic (exact) mass is 511 g/mol. The molecule has 5 heterocycles.